The van der Waals surface area contributed by atoms with Crippen LogP contribution in [0.3, 0.4) is 0 Å². The van der Waals surface area contributed by atoms with Crippen molar-refractivity contribution in [2.75, 3.05) is 13.1 Å². The van der Waals surface area contributed by atoms with Gasteiger partial charge in [0.1, 0.15) is 0 Å². The highest BCUT2D eigenvalue weighted by molar-refractivity contribution is 5.84. The van der Waals surface area contributed by atoms with Crippen molar-refractivity contribution >= 4 is 12.0 Å². The predicted octanol–water partition coefficient (Wildman–Crippen LogP) is 7.59. The number of nitrogens with one attached hydrogen (secondary N) is 1. The molecule has 0 aromatic heterocycles. The summed E-state index contributed by atoms with van der Waals surface area (Å²) in [7, 11) is 0. The number of carbonyl (C=O) groups excluding carboxylic acids is 1. The quantitative estimate of drug-likeness (QED) is 0.333. The number of nitrogens with zero attached hydrogens (tertiary/aromatic N) is 1. The fourth-order valence-corrected chi connectivity index (χ4v) is 7.22. The molecule has 1 aliphatic heterocycles. The summed E-state index contributed by atoms with van der Waals surface area (Å²) in [5.41, 5.74) is 4.71. The van der Waals surface area contributed by atoms with Crippen LogP contribution in [0.1, 0.15) is 56.6 Å². The molecule has 3 heteroatoms. The number of carbonyl (C=O) groups is 1. The van der Waals surface area contributed by atoms with Crippen molar-refractivity contribution in [1.82, 2.24) is 10.2 Å². The van der Waals surface area contributed by atoms with E-state index < -0.39 is 0 Å². The minimum Gasteiger partial charge on any atom is -0.352 e. The Hall–Kier alpha value is -3.17. The average Bonchev–Trinajstić information content (AvgIpc) is 3.75. The van der Waals surface area contributed by atoms with Gasteiger partial charge in [-0.1, -0.05) is 97.9 Å². The van der Waals surface area contributed by atoms with E-state index in [1.165, 1.54) is 41.5 Å². The highest BCUT2D eigenvalue weighted by atomic mass is 16.2. The lowest BCUT2D eigenvalue weighted by Crippen LogP contribution is -2.46. The third-order valence-electron chi connectivity index (χ3n) is 9.68. The molecular formula is C36H42N2O. The Labute approximate surface area is 234 Å². The maximum absolute atomic E-state index is 13.8. The summed E-state index contributed by atoms with van der Waals surface area (Å²) in [5.74, 6) is 2.14. The van der Waals surface area contributed by atoms with Crippen LogP contribution in [0.2, 0.25) is 0 Å². The summed E-state index contributed by atoms with van der Waals surface area (Å²) in [6.07, 6.45) is 11.6. The van der Waals surface area contributed by atoms with Crippen LogP contribution >= 0.6 is 0 Å². The Morgan fingerprint density at radius 2 is 1.67 bits per heavy atom. The van der Waals surface area contributed by atoms with Gasteiger partial charge in [-0.3, -0.25) is 4.79 Å². The van der Waals surface area contributed by atoms with E-state index >= 15 is 0 Å². The first kappa shape index (κ1) is 26.1. The molecule has 1 N–H and O–H groups in total. The maximum Gasteiger partial charge on any atom is 0.226 e. The zero-order valence-corrected chi connectivity index (χ0v) is 23.3. The zero-order valence-electron chi connectivity index (χ0n) is 23.3. The molecule has 3 aromatic rings. The van der Waals surface area contributed by atoms with Crippen LogP contribution in [0, 0.1) is 23.2 Å². The van der Waals surface area contributed by atoms with Crippen LogP contribution in [0.15, 0.2) is 91.0 Å². The molecule has 3 fully saturated rings. The van der Waals surface area contributed by atoms with Gasteiger partial charge in [0.15, 0.2) is 0 Å². The summed E-state index contributed by atoms with van der Waals surface area (Å²) in [6, 6.07) is 30.3. The predicted molar refractivity (Wildman–Crippen MR) is 161 cm³/mol. The van der Waals surface area contributed by atoms with Crippen molar-refractivity contribution in [2.45, 2.75) is 58.0 Å². The van der Waals surface area contributed by atoms with Gasteiger partial charge in [0.05, 0.1) is 5.41 Å². The van der Waals surface area contributed by atoms with Crippen LogP contribution in [-0.4, -0.2) is 29.9 Å². The van der Waals surface area contributed by atoms with Gasteiger partial charge in [-0.15, -0.1) is 0 Å². The molecule has 202 valence electrons. The van der Waals surface area contributed by atoms with Crippen molar-refractivity contribution in [3.8, 4) is 11.1 Å². The molecule has 6 rings (SSSR count). The van der Waals surface area contributed by atoms with Crippen LogP contribution in [0.4, 0.5) is 0 Å². The fourth-order valence-electron chi connectivity index (χ4n) is 7.22. The Balaban J connectivity index is 1.06. The monoisotopic (exact) mass is 518 g/mol. The molecule has 2 aliphatic carbocycles. The Morgan fingerprint density at radius 1 is 0.923 bits per heavy atom. The van der Waals surface area contributed by atoms with Crippen molar-refractivity contribution < 1.29 is 4.79 Å². The fraction of sp³-hybridized carbons (Fsp3) is 0.417. The topological polar surface area (TPSA) is 32.3 Å². The second-order valence-electron chi connectivity index (χ2n) is 12.3. The van der Waals surface area contributed by atoms with Gasteiger partial charge < -0.3 is 10.2 Å². The second kappa shape index (κ2) is 11.5. The maximum atomic E-state index is 13.8. The molecule has 3 aromatic carbocycles. The van der Waals surface area contributed by atoms with E-state index in [2.05, 4.69) is 108 Å². The lowest BCUT2D eigenvalue weighted by molar-refractivity contribution is -0.132. The van der Waals surface area contributed by atoms with E-state index in [0.717, 1.165) is 32.4 Å². The Kier molecular flexibility index (Phi) is 7.70. The van der Waals surface area contributed by atoms with Gasteiger partial charge in [-0.2, -0.15) is 0 Å². The van der Waals surface area contributed by atoms with E-state index in [-0.39, 0.29) is 5.41 Å². The van der Waals surface area contributed by atoms with Gasteiger partial charge in [0, 0.05) is 19.1 Å². The summed E-state index contributed by atoms with van der Waals surface area (Å²) in [4.78, 5) is 16.5. The number of piperidine rings is 1. The molecule has 1 heterocycles. The smallest absolute Gasteiger partial charge is 0.226 e. The molecule has 3 nitrogen and oxygen atoms in total. The summed E-state index contributed by atoms with van der Waals surface area (Å²) < 4.78 is 0. The standard InChI is InChI=1S/C36H42N2O/c1-27-26-38(22-20-30(27)16-15-28-9-4-2-5-10-28)34-19-21-36(24-34,33-17-18-33)35(39)37-25-29-11-8-14-32(23-29)31-12-6-3-7-13-31/h2-16,23,27,30,33-34H,17-22,24-26H2,1H3,(H,37,39)/b16-15-/t27-,30+,34?,36?/m0/s1. The van der Waals surface area contributed by atoms with E-state index in [0.29, 0.717) is 36.2 Å². The van der Waals surface area contributed by atoms with Crippen molar-refractivity contribution in [1.29, 1.82) is 0 Å². The lowest BCUT2D eigenvalue weighted by atomic mass is 9.79. The van der Waals surface area contributed by atoms with E-state index in [4.69, 9.17) is 0 Å². The van der Waals surface area contributed by atoms with Crippen molar-refractivity contribution in [3.63, 3.8) is 0 Å². The van der Waals surface area contributed by atoms with Gasteiger partial charge in [0.2, 0.25) is 5.91 Å². The molecule has 0 spiro atoms. The number of hydrogen-bond acceptors (Lipinski definition) is 2. The zero-order chi connectivity index (χ0) is 26.7. The molecular weight excluding hydrogens is 476 g/mol. The molecule has 39 heavy (non-hydrogen) atoms. The Morgan fingerprint density at radius 3 is 2.41 bits per heavy atom. The SMILES string of the molecule is C[C@H]1CN(C2CCC(C(=O)NCc3cccc(-c4ccccc4)c3)(C3CC3)C2)CC[C@H]1/C=C\c1ccccc1. The number of amides is 1. The third kappa shape index (κ3) is 5.89. The largest absolute Gasteiger partial charge is 0.352 e. The normalized spacial score (nSPS) is 27.6. The van der Waals surface area contributed by atoms with E-state index in [9.17, 15) is 4.79 Å². The summed E-state index contributed by atoms with van der Waals surface area (Å²) >= 11 is 0. The van der Waals surface area contributed by atoms with Crippen molar-refractivity contribution in [3.05, 3.63) is 102 Å². The highest BCUT2D eigenvalue weighted by Crippen LogP contribution is 2.56. The van der Waals surface area contributed by atoms with E-state index in [1.54, 1.807) is 0 Å². The number of hydrogen-bond donors (Lipinski definition) is 1. The van der Waals surface area contributed by atoms with Gasteiger partial charge in [-0.05, 0) is 91.1 Å². The van der Waals surface area contributed by atoms with Gasteiger partial charge in [0.25, 0.3) is 0 Å². The lowest BCUT2D eigenvalue weighted by Gasteiger charge is -2.40. The average molecular weight is 519 g/mol. The van der Waals surface area contributed by atoms with Gasteiger partial charge in [-0.25, -0.2) is 0 Å². The molecule has 0 bridgehead atoms. The molecule has 4 atom stereocenters. The number of benzene rings is 3. The van der Waals surface area contributed by atoms with Crippen LogP contribution in [0.25, 0.3) is 17.2 Å². The first-order valence-corrected chi connectivity index (χ1v) is 15.0. The van der Waals surface area contributed by atoms with Crippen LogP contribution in [-0.2, 0) is 11.3 Å². The first-order chi connectivity index (χ1) is 19.1. The minimum atomic E-state index is -0.172. The first-order valence-electron chi connectivity index (χ1n) is 15.0. The second-order valence-corrected chi connectivity index (χ2v) is 12.3. The van der Waals surface area contributed by atoms with Crippen LogP contribution < -0.4 is 5.32 Å². The minimum absolute atomic E-state index is 0.172. The van der Waals surface area contributed by atoms with Crippen LogP contribution in [0.5, 0.6) is 0 Å². The Bertz CT molecular complexity index is 1280. The van der Waals surface area contributed by atoms with Crippen molar-refractivity contribution in [2.24, 2.45) is 23.2 Å². The van der Waals surface area contributed by atoms with Gasteiger partial charge >= 0.3 is 0 Å². The third-order valence-corrected chi connectivity index (χ3v) is 9.68. The molecule has 1 saturated heterocycles. The molecule has 0 radical (unpaired) electrons. The molecule has 2 unspecified atom stereocenters. The number of rotatable bonds is 8. The summed E-state index contributed by atoms with van der Waals surface area (Å²) in [5, 5.41) is 3.39. The number of likely N-dealkylation sites (tertiary alicyclic amines) is 1. The van der Waals surface area contributed by atoms with E-state index in [1.807, 2.05) is 6.07 Å². The molecule has 1 amide bonds. The number of allylic oxidation sites excluding steroid dienone is 1. The molecule has 2 saturated carbocycles. The highest BCUT2D eigenvalue weighted by Gasteiger charge is 2.55. The summed E-state index contributed by atoms with van der Waals surface area (Å²) in [6.45, 7) is 5.30. The molecule has 3 aliphatic rings.